The van der Waals surface area contributed by atoms with E-state index in [1.165, 1.54) is 0 Å². The largest absolute Gasteiger partial charge is 0.338 e. The molecule has 0 aromatic carbocycles. The Morgan fingerprint density at radius 2 is 2.27 bits per heavy atom. The molecule has 1 fully saturated rings. The molecule has 0 spiro atoms. The van der Waals surface area contributed by atoms with Crippen molar-refractivity contribution in [3.8, 4) is 0 Å². The molecule has 1 aliphatic rings. The highest BCUT2D eigenvalue weighted by molar-refractivity contribution is 5.74. The minimum Gasteiger partial charge on any atom is -0.338 e. The van der Waals surface area contributed by atoms with Crippen molar-refractivity contribution >= 4 is 6.03 Å². The SMILES string of the molecule is CCNC(=O)N1CCC(NC(C)CC)C1. The van der Waals surface area contributed by atoms with Crippen LogP contribution in [0, 0.1) is 0 Å². The molecule has 1 rings (SSSR count). The molecule has 2 unspecified atom stereocenters. The van der Waals surface area contributed by atoms with Crippen molar-refractivity contribution in [2.75, 3.05) is 19.6 Å². The van der Waals surface area contributed by atoms with E-state index in [1.54, 1.807) is 0 Å². The van der Waals surface area contributed by atoms with Gasteiger partial charge in [0.05, 0.1) is 0 Å². The fraction of sp³-hybridized carbons (Fsp3) is 0.909. The number of nitrogens with zero attached hydrogens (tertiary/aromatic N) is 1. The highest BCUT2D eigenvalue weighted by Gasteiger charge is 2.26. The van der Waals surface area contributed by atoms with Gasteiger partial charge in [0.25, 0.3) is 0 Å². The van der Waals surface area contributed by atoms with Crippen LogP contribution in [0.15, 0.2) is 0 Å². The van der Waals surface area contributed by atoms with E-state index in [9.17, 15) is 4.79 Å². The summed E-state index contributed by atoms with van der Waals surface area (Å²) in [6, 6.07) is 1.10. The zero-order valence-corrected chi connectivity index (χ0v) is 10.0. The van der Waals surface area contributed by atoms with Crippen LogP contribution in [-0.2, 0) is 0 Å². The number of hydrogen-bond donors (Lipinski definition) is 2. The molecule has 0 aromatic rings. The molecule has 0 bridgehead atoms. The Bertz CT molecular complexity index is 208. The maximum atomic E-state index is 11.5. The van der Waals surface area contributed by atoms with Crippen LogP contribution in [-0.4, -0.2) is 42.6 Å². The number of carbonyl (C=O) groups is 1. The van der Waals surface area contributed by atoms with Crippen LogP contribution in [0.5, 0.6) is 0 Å². The third-order valence-corrected chi connectivity index (χ3v) is 2.94. The smallest absolute Gasteiger partial charge is 0.317 e. The summed E-state index contributed by atoms with van der Waals surface area (Å²) in [4.78, 5) is 13.4. The van der Waals surface area contributed by atoms with Gasteiger partial charge in [0.15, 0.2) is 0 Å². The number of likely N-dealkylation sites (tertiary alicyclic amines) is 1. The topological polar surface area (TPSA) is 44.4 Å². The zero-order chi connectivity index (χ0) is 11.3. The van der Waals surface area contributed by atoms with Gasteiger partial charge in [0.2, 0.25) is 0 Å². The average molecular weight is 213 g/mol. The van der Waals surface area contributed by atoms with Gasteiger partial charge in [-0.1, -0.05) is 6.92 Å². The van der Waals surface area contributed by atoms with Crippen LogP contribution in [0.4, 0.5) is 4.79 Å². The third-order valence-electron chi connectivity index (χ3n) is 2.94. The van der Waals surface area contributed by atoms with E-state index in [1.807, 2.05) is 11.8 Å². The van der Waals surface area contributed by atoms with Gasteiger partial charge >= 0.3 is 6.03 Å². The molecular formula is C11H23N3O. The fourth-order valence-electron chi connectivity index (χ4n) is 1.86. The summed E-state index contributed by atoms with van der Waals surface area (Å²) in [6.45, 7) is 8.74. The maximum absolute atomic E-state index is 11.5. The van der Waals surface area contributed by atoms with Crippen molar-refractivity contribution in [2.24, 2.45) is 0 Å². The maximum Gasteiger partial charge on any atom is 0.317 e. The first-order valence-electron chi connectivity index (χ1n) is 5.96. The van der Waals surface area contributed by atoms with Gasteiger partial charge in [-0.3, -0.25) is 0 Å². The van der Waals surface area contributed by atoms with Crippen molar-refractivity contribution in [3.05, 3.63) is 0 Å². The Morgan fingerprint density at radius 1 is 1.53 bits per heavy atom. The van der Waals surface area contributed by atoms with E-state index in [-0.39, 0.29) is 6.03 Å². The van der Waals surface area contributed by atoms with Crippen molar-refractivity contribution in [3.63, 3.8) is 0 Å². The Morgan fingerprint density at radius 3 is 2.87 bits per heavy atom. The Hall–Kier alpha value is -0.770. The van der Waals surface area contributed by atoms with E-state index in [4.69, 9.17) is 0 Å². The van der Waals surface area contributed by atoms with E-state index in [0.717, 1.165) is 25.9 Å². The number of carbonyl (C=O) groups excluding carboxylic acids is 1. The molecule has 88 valence electrons. The summed E-state index contributed by atoms with van der Waals surface area (Å²) in [5, 5.41) is 6.37. The predicted octanol–water partition coefficient (Wildman–Crippen LogP) is 1.18. The van der Waals surface area contributed by atoms with Crippen LogP contribution < -0.4 is 10.6 Å². The lowest BCUT2D eigenvalue weighted by molar-refractivity contribution is 0.208. The predicted molar refractivity (Wildman–Crippen MR) is 61.9 cm³/mol. The lowest BCUT2D eigenvalue weighted by Gasteiger charge is -2.19. The molecule has 0 aliphatic carbocycles. The lowest BCUT2D eigenvalue weighted by Crippen LogP contribution is -2.42. The second-order valence-corrected chi connectivity index (χ2v) is 4.24. The van der Waals surface area contributed by atoms with Crippen molar-refractivity contribution < 1.29 is 4.79 Å². The molecule has 2 atom stereocenters. The van der Waals surface area contributed by atoms with Gasteiger partial charge in [-0.05, 0) is 26.7 Å². The van der Waals surface area contributed by atoms with Gasteiger partial charge in [-0.2, -0.15) is 0 Å². The van der Waals surface area contributed by atoms with Crippen molar-refractivity contribution in [1.29, 1.82) is 0 Å². The summed E-state index contributed by atoms with van der Waals surface area (Å²) < 4.78 is 0. The first-order chi connectivity index (χ1) is 7.17. The second kappa shape index (κ2) is 5.95. The zero-order valence-electron chi connectivity index (χ0n) is 10.0. The first-order valence-corrected chi connectivity index (χ1v) is 5.96. The Balaban J connectivity index is 2.29. The number of urea groups is 1. The number of rotatable bonds is 4. The highest BCUT2D eigenvalue weighted by atomic mass is 16.2. The normalized spacial score (nSPS) is 22.9. The molecule has 0 aromatic heterocycles. The Labute approximate surface area is 92.4 Å². The molecule has 1 saturated heterocycles. The van der Waals surface area contributed by atoms with Crippen LogP contribution in [0.25, 0.3) is 0 Å². The van der Waals surface area contributed by atoms with Crippen LogP contribution in [0.3, 0.4) is 0 Å². The molecule has 15 heavy (non-hydrogen) atoms. The van der Waals surface area contributed by atoms with E-state index < -0.39 is 0 Å². The molecule has 0 saturated carbocycles. The van der Waals surface area contributed by atoms with Crippen LogP contribution in [0.2, 0.25) is 0 Å². The highest BCUT2D eigenvalue weighted by Crippen LogP contribution is 2.10. The molecule has 4 nitrogen and oxygen atoms in total. The lowest BCUT2D eigenvalue weighted by atomic mass is 10.2. The van der Waals surface area contributed by atoms with Gasteiger partial charge in [-0.25, -0.2) is 4.79 Å². The summed E-state index contributed by atoms with van der Waals surface area (Å²) in [6.07, 6.45) is 2.21. The van der Waals surface area contributed by atoms with Gasteiger partial charge in [0, 0.05) is 31.7 Å². The second-order valence-electron chi connectivity index (χ2n) is 4.24. The molecule has 4 heteroatoms. The molecular weight excluding hydrogens is 190 g/mol. The molecule has 2 amide bonds. The minimum absolute atomic E-state index is 0.0750. The molecule has 0 radical (unpaired) electrons. The van der Waals surface area contributed by atoms with Crippen LogP contribution in [0.1, 0.15) is 33.6 Å². The fourth-order valence-corrected chi connectivity index (χ4v) is 1.86. The van der Waals surface area contributed by atoms with E-state index >= 15 is 0 Å². The summed E-state index contributed by atoms with van der Waals surface area (Å²) in [5.74, 6) is 0. The summed E-state index contributed by atoms with van der Waals surface area (Å²) in [5.41, 5.74) is 0. The van der Waals surface area contributed by atoms with Crippen molar-refractivity contribution in [1.82, 2.24) is 15.5 Å². The number of nitrogens with one attached hydrogen (secondary N) is 2. The molecule has 1 heterocycles. The van der Waals surface area contributed by atoms with Gasteiger partial charge in [0.1, 0.15) is 0 Å². The first kappa shape index (κ1) is 12.3. The summed E-state index contributed by atoms with van der Waals surface area (Å²) >= 11 is 0. The van der Waals surface area contributed by atoms with Crippen LogP contribution >= 0.6 is 0 Å². The summed E-state index contributed by atoms with van der Waals surface area (Å²) in [7, 11) is 0. The molecule has 2 N–H and O–H groups in total. The minimum atomic E-state index is 0.0750. The number of amides is 2. The number of hydrogen-bond acceptors (Lipinski definition) is 2. The standard InChI is InChI=1S/C11H23N3O/c1-4-9(3)13-10-6-7-14(8-10)11(15)12-5-2/h9-10,13H,4-8H2,1-3H3,(H,12,15). The van der Waals surface area contributed by atoms with Gasteiger partial charge in [-0.15, -0.1) is 0 Å². The quantitative estimate of drug-likeness (QED) is 0.736. The van der Waals surface area contributed by atoms with E-state index in [0.29, 0.717) is 18.6 Å². The van der Waals surface area contributed by atoms with Crippen molar-refractivity contribution in [2.45, 2.75) is 45.7 Å². The molecule has 1 aliphatic heterocycles. The Kier molecular flexibility index (Phi) is 4.88. The van der Waals surface area contributed by atoms with E-state index in [2.05, 4.69) is 24.5 Å². The van der Waals surface area contributed by atoms with Gasteiger partial charge < -0.3 is 15.5 Å². The average Bonchev–Trinajstić information content (AvgIpc) is 2.66. The monoisotopic (exact) mass is 213 g/mol. The third kappa shape index (κ3) is 3.70.